The van der Waals surface area contributed by atoms with Gasteiger partial charge in [-0.1, -0.05) is 19.4 Å². The fraction of sp³-hybridized carbons (Fsp3) is 0.600. The molecule has 0 aliphatic heterocycles. The highest BCUT2D eigenvalue weighted by molar-refractivity contribution is 5.29. The fourth-order valence-electron chi connectivity index (χ4n) is 2.60. The lowest BCUT2D eigenvalue weighted by atomic mass is 9.77. The zero-order chi connectivity index (χ0) is 13.0. The molecule has 1 aliphatic carbocycles. The number of benzene rings is 1. The van der Waals surface area contributed by atoms with Gasteiger partial charge in [0.15, 0.2) is 11.6 Å². The maximum absolute atomic E-state index is 13.6. The van der Waals surface area contributed by atoms with Crippen LogP contribution in [0.1, 0.15) is 31.7 Å². The number of hydrogen-bond acceptors (Lipinski definition) is 2. The average molecular weight is 251 g/mol. The third kappa shape index (κ3) is 3.02. The van der Waals surface area contributed by atoms with Gasteiger partial charge in [0.25, 0.3) is 0 Å². The summed E-state index contributed by atoms with van der Waals surface area (Å²) in [5, 5.41) is 3.53. The van der Waals surface area contributed by atoms with Gasteiger partial charge in [-0.2, -0.15) is 0 Å². The molecule has 18 heavy (non-hydrogen) atoms. The molecule has 1 atom stereocenters. The molecule has 2 rings (SSSR count). The third-order valence-corrected chi connectivity index (χ3v) is 3.86. The van der Waals surface area contributed by atoms with Gasteiger partial charge in [-0.05, 0) is 49.4 Å². The van der Waals surface area contributed by atoms with E-state index in [0.29, 0.717) is 11.8 Å². The summed E-state index contributed by atoms with van der Waals surface area (Å²) in [4.78, 5) is 0. The molecular formula is C15H22FNO. The van der Waals surface area contributed by atoms with Crippen LogP contribution >= 0.6 is 0 Å². The maximum Gasteiger partial charge on any atom is 0.165 e. The SMILES string of the molecule is CCNC(Cc1ccc(OC)c(F)c1)C1CCC1. The Morgan fingerprint density at radius 2 is 2.22 bits per heavy atom. The second-order valence-corrected chi connectivity index (χ2v) is 5.03. The van der Waals surface area contributed by atoms with Crippen molar-refractivity contribution < 1.29 is 9.13 Å². The van der Waals surface area contributed by atoms with E-state index in [2.05, 4.69) is 12.2 Å². The summed E-state index contributed by atoms with van der Waals surface area (Å²) >= 11 is 0. The van der Waals surface area contributed by atoms with Gasteiger partial charge < -0.3 is 10.1 Å². The molecule has 0 bridgehead atoms. The number of likely N-dealkylation sites (N-methyl/N-ethyl adjacent to an activating group) is 1. The Hall–Kier alpha value is -1.09. The zero-order valence-corrected chi connectivity index (χ0v) is 11.2. The van der Waals surface area contributed by atoms with Crippen LogP contribution < -0.4 is 10.1 Å². The molecule has 2 nitrogen and oxygen atoms in total. The summed E-state index contributed by atoms with van der Waals surface area (Å²) in [7, 11) is 1.49. The minimum absolute atomic E-state index is 0.265. The highest BCUT2D eigenvalue weighted by Gasteiger charge is 2.26. The minimum atomic E-state index is -0.265. The van der Waals surface area contributed by atoms with Crippen LogP contribution in [-0.4, -0.2) is 19.7 Å². The summed E-state index contributed by atoms with van der Waals surface area (Å²) in [6.07, 6.45) is 4.84. The summed E-state index contributed by atoms with van der Waals surface area (Å²) in [6, 6.07) is 5.76. The predicted octanol–water partition coefficient (Wildman–Crippen LogP) is 3.16. The van der Waals surface area contributed by atoms with E-state index in [1.807, 2.05) is 6.07 Å². The van der Waals surface area contributed by atoms with Crippen LogP contribution in [0.5, 0.6) is 5.75 Å². The molecule has 1 aromatic carbocycles. The van der Waals surface area contributed by atoms with Crippen LogP contribution in [0.2, 0.25) is 0 Å². The molecule has 0 radical (unpaired) electrons. The van der Waals surface area contributed by atoms with E-state index in [0.717, 1.165) is 24.4 Å². The Kier molecular flexibility index (Phi) is 4.59. The molecule has 0 saturated heterocycles. The van der Waals surface area contributed by atoms with E-state index in [4.69, 9.17) is 4.74 Å². The Balaban J connectivity index is 2.03. The van der Waals surface area contributed by atoms with Gasteiger partial charge in [-0.15, -0.1) is 0 Å². The molecular weight excluding hydrogens is 229 g/mol. The van der Waals surface area contributed by atoms with Gasteiger partial charge in [0.1, 0.15) is 0 Å². The standard InChI is InChI=1S/C15H22FNO/c1-3-17-14(12-5-4-6-12)10-11-7-8-15(18-2)13(16)9-11/h7-9,12,14,17H,3-6,10H2,1-2H3. The fourth-order valence-corrected chi connectivity index (χ4v) is 2.60. The summed E-state index contributed by atoms with van der Waals surface area (Å²) in [5.41, 5.74) is 1.05. The van der Waals surface area contributed by atoms with Crippen molar-refractivity contribution in [3.05, 3.63) is 29.6 Å². The van der Waals surface area contributed by atoms with Crippen molar-refractivity contribution in [2.75, 3.05) is 13.7 Å². The van der Waals surface area contributed by atoms with Crippen LogP contribution in [0.3, 0.4) is 0 Å². The zero-order valence-electron chi connectivity index (χ0n) is 11.2. The van der Waals surface area contributed by atoms with Gasteiger partial charge in [0, 0.05) is 6.04 Å². The molecule has 0 amide bonds. The molecule has 3 heteroatoms. The predicted molar refractivity (Wildman–Crippen MR) is 71.5 cm³/mol. The first-order chi connectivity index (χ1) is 8.74. The lowest BCUT2D eigenvalue weighted by Gasteiger charge is -2.34. The quantitative estimate of drug-likeness (QED) is 0.838. The smallest absolute Gasteiger partial charge is 0.165 e. The third-order valence-electron chi connectivity index (χ3n) is 3.86. The number of ether oxygens (including phenoxy) is 1. The first-order valence-corrected chi connectivity index (χ1v) is 6.80. The van der Waals surface area contributed by atoms with Crippen molar-refractivity contribution in [1.82, 2.24) is 5.32 Å². The van der Waals surface area contributed by atoms with Crippen LogP contribution in [0.4, 0.5) is 4.39 Å². The molecule has 1 aromatic rings. The van der Waals surface area contributed by atoms with E-state index in [1.165, 1.54) is 26.4 Å². The van der Waals surface area contributed by atoms with Crippen LogP contribution in [-0.2, 0) is 6.42 Å². The van der Waals surface area contributed by atoms with Crippen molar-refractivity contribution >= 4 is 0 Å². The average Bonchev–Trinajstić information content (AvgIpc) is 2.27. The number of nitrogens with one attached hydrogen (secondary N) is 1. The molecule has 1 N–H and O–H groups in total. The Labute approximate surface area is 109 Å². The highest BCUT2D eigenvalue weighted by atomic mass is 19.1. The Morgan fingerprint density at radius 1 is 1.44 bits per heavy atom. The number of methoxy groups -OCH3 is 1. The highest BCUT2D eigenvalue weighted by Crippen LogP contribution is 2.31. The summed E-state index contributed by atoms with van der Waals surface area (Å²) in [5.74, 6) is 0.816. The van der Waals surface area contributed by atoms with Gasteiger partial charge >= 0.3 is 0 Å². The molecule has 1 unspecified atom stereocenters. The van der Waals surface area contributed by atoms with Crippen molar-refractivity contribution in [2.45, 2.75) is 38.6 Å². The van der Waals surface area contributed by atoms with Crippen LogP contribution in [0.25, 0.3) is 0 Å². The van der Waals surface area contributed by atoms with E-state index in [9.17, 15) is 4.39 Å². The first kappa shape index (κ1) is 13.3. The lowest BCUT2D eigenvalue weighted by Crippen LogP contribution is -2.41. The van der Waals surface area contributed by atoms with Crippen LogP contribution in [0, 0.1) is 11.7 Å². The lowest BCUT2D eigenvalue weighted by molar-refractivity contribution is 0.229. The molecule has 0 aromatic heterocycles. The number of rotatable bonds is 6. The largest absolute Gasteiger partial charge is 0.494 e. The van der Waals surface area contributed by atoms with Gasteiger partial charge in [0.2, 0.25) is 0 Å². The monoisotopic (exact) mass is 251 g/mol. The van der Waals surface area contributed by atoms with Crippen molar-refractivity contribution in [3.8, 4) is 5.75 Å². The summed E-state index contributed by atoms with van der Waals surface area (Å²) < 4.78 is 18.6. The maximum atomic E-state index is 13.6. The second kappa shape index (κ2) is 6.19. The van der Waals surface area contributed by atoms with E-state index < -0.39 is 0 Å². The number of hydrogen-bond donors (Lipinski definition) is 1. The second-order valence-electron chi connectivity index (χ2n) is 5.03. The normalized spacial score (nSPS) is 17.3. The van der Waals surface area contributed by atoms with Gasteiger partial charge in [-0.3, -0.25) is 0 Å². The Bertz CT molecular complexity index is 390. The van der Waals surface area contributed by atoms with Crippen molar-refractivity contribution in [2.24, 2.45) is 5.92 Å². The summed E-state index contributed by atoms with van der Waals surface area (Å²) in [6.45, 7) is 3.10. The van der Waals surface area contributed by atoms with E-state index in [1.54, 1.807) is 12.1 Å². The van der Waals surface area contributed by atoms with Gasteiger partial charge in [-0.25, -0.2) is 4.39 Å². The van der Waals surface area contributed by atoms with E-state index >= 15 is 0 Å². The van der Waals surface area contributed by atoms with Gasteiger partial charge in [0.05, 0.1) is 7.11 Å². The molecule has 0 heterocycles. The minimum Gasteiger partial charge on any atom is -0.494 e. The molecule has 1 aliphatic rings. The molecule has 100 valence electrons. The topological polar surface area (TPSA) is 21.3 Å². The molecule has 0 spiro atoms. The first-order valence-electron chi connectivity index (χ1n) is 6.80. The van der Waals surface area contributed by atoms with Crippen LogP contribution in [0.15, 0.2) is 18.2 Å². The number of halogens is 1. The molecule has 1 saturated carbocycles. The Morgan fingerprint density at radius 3 is 2.72 bits per heavy atom. The van der Waals surface area contributed by atoms with Crippen molar-refractivity contribution in [1.29, 1.82) is 0 Å². The van der Waals surface area contributed by atoms with Crippen molar-refractivity contribution in [3.63, 3.8) is 0 Å². The molecule has 1 fully saturated rings. The van der Waals surface area contributed by atoms with E-state index in [-0.39, 0.29) is 5.82 Å².